The van der Waals surface area contributed by atoms with E-state index in [1.54, 1.807) is 0 Å². The van der Waals surface area contributed by atoms with E-state index in [1.807, 2.05) is 0 Å². The Hall–Kier alpha value is -1.28. The van der Waals surface area contributed by atoms with Gasteiger partial charge in [0.2, 0.25) is 0 Å². The summed E-state index contributed by atoms with van der Waals surface area (Å²) in [6.07, 6.45) is -3.03. The molecule has 1 aromatic heterocycles. The predicted molar refractivity (Wildman–Crippen MR) is 59.9 cm³/mol. The van der Waals surface area contributed by atoms with Crippen LogP contribution in [0.25, 0.3) is 0 Å². The number of aryl methyl sites for hydroxylation is 1. The van der Waals surface area contributed by atoms with Crippen LogP contribution in [0.5, 0.6) is 0 Å². The number of rotatable bonds is 5. The van der Waals surface area contributed by atoms with Gasteiger partial charge in [-0.25, -0.2) is 4.68 Å². The van der Waals surface area contributed by atoms with E-state index >= 15 is 0 Å². The van der Waals surface area contributed by atoms with E-state index in [9.17, 15) is 18.0 Å². The van der Waals surface area contributed by atoms with Crippen LogP contribution in [0.15, 0.2) is 11.0 Å². The molecule has 102 valence electrons. The van der Waals surface area contributed by atoms with Gasteiger partial charge >= 0.3 is 6.18 Å². The molecular formula is C9H11ClF3N3O2. The molecule has 0 radical (unpaired) electrons. The van der Waals surface area contributed by atoms with Crippen molar-refractivity contribution in [1.29, 1.82) is 0 Å². The zero-order valence-corrected chi connectivity index (χ0v) is 10.2. The van der Waals surface area contributed by atoms with Crippen molar-refractivity contribution < 1.29 is 17.9 Å². The zero-order chi connectivity index (χ0) is 13.8. The van der Waals surface area contributed by atoms with E-state index in [-0.39, 0.29) is 23.9 Å². The van der Waals surface area contributed by atoms with Gasteiger partial charge in [-0.15, -0.1) is 0 Å². The maximum Gasteiger partial charge on any atom is 0.411 e. The third-order valence-corrected chi connectivity index (χ3v) is 2.27. The Kier molecular flexibility index (Phi) is 4.97. The fourth-order valence-corrected chi connectivity index (χ4v) is 1.32. The quantitative estimate of drug-likeness (QED) is 0.832. The lowest BCUT2D eigenvalue weighted by Gasteiger charge is -2.10. The summed E-state index contributed by atoms with van der Waals surface area (Å²) in [6, 6.07) is 0. The molecular weight excluding hydrogens is 275 g/mol. The van der Waals surface area contributed by atoms with Crippen LogP contribution >= 0.6 is 11.6 Å². The van der Waals surface area contributed by atoms with Gasteiger partial charge in [0.15, 0.2) is 0 Å². The molecule has 0 bridgehead atoms. The average Bonchev–Trinajstić information content (AvgIpc) is 2.27. The minimum Gasteiger partial charge on any atom is -0.380 e. The van der Waals surface area contributed by atoms with Crippen molar-refractivity contribution in [2.24, 2.45) is 7.05 Å². The molecule has 1 N–H and O–H groups in total. The molecule has 1 heterocycles. The van der Waals surface area contributed by atoms with Gasteiger partial charge in [-0.2, -0.15) is 18.3 Å². The van der Waals surface area contributed by atoms with Crippen molar-refractivity contribution in [2.75, 3.05) is 25.1 Å². The van der Waals surface area contributed by atoms with Gasteiger partial charge in [0.1, 0.15) is 11.6 Å². The third-order valence-electron chi connectivity index (χ3n) is 1.91. The molecule has 0 aliphatic carbocycles. The summed E-state index contributed by atoms with van der Waals surface area (Å²) in [5, 5.41) is 6.31. The maximum atomic E-state index is 11.7. The van der Waals surface area contributed by atoms with Crippen LogP contribution in [0.2, 0.25) is 5.02 Å². The summed E-state index contributed by atoms with van der Waals surface area (Å²) >= 11 is 5.73. The molecule has 0 aliphatic rings. The minimum atomic E-state index is -4.35. The van der Waals surface area contributed by atoms with E-state index < -0.39 is 18.3 Å². The first-order valence-corrected chi connectivity index (χ1v) is 5.29. The van der Waals surface area contributed by atoms with E-state index in [0.717, 1.165) is 4.68 Å². The maximum absolute atomic E-state index is 11.7. The van der Waals surface area contributed by atoms with E-state index in [4.69, 9.17) is 11.6 Å². The van der Waals surface area contributed by atoms with Gasteiger partial charge < -0.3 is 10.1 Å². The van der Waals surface area contributed by atoms with Crippen molar-refractivity contribution in [3.63, 3.8) is 0 Å². The number of halogens is 4. The molecule has 0 fully saturated rings. The number of ether oxygens (including phenoxy) is 1. The number of nitrogens with zero attached hydrogens (tertiary/aromatic N) is 2. The standard InChI is InChI=1S/C9H11ClF3N3O2/c1-16-8(17)7(10)6(4-15-16)14-2-3-18-5-9(11,12)13/h4,14H,2-3,5H2,1H3. The number of hydrogen-bond acceptors (Lipinski definition) is 4. The monoisotopic (exact) mass is 285 g/mol. The lowest BCUT2D eigenvalue weighted by Crippen LogP contribution is -2.23. The molecule has 0 aromatic carbocycles. The van der Waals surface area contributed by atoms with Gasteiger partial charge in [-0.1, -0.05) is 11.6 Å². The number of aromatic nitrogens is 2. The average molecular weight is 286 g/mol. The molecule has 0 spiro atoms. The molecule has 0 saturated heterocycles. The first-order valence-electron chi connectivity index (χ1n) is 4.91. The van der Waals surface area contributed by atoms with Gasteiger partial charge in [-0.05, 0) is 0 Å². The second-order valence-electron chi connectivity index (χ2n) is 3.40. The Labute approximate surface area is 105 Å². The van der Waals surface area contributed by atoms with Gasteiger partial charge in [0.25, 0.3) is 5.56 Å². The van der Waals surface area contributed by atoms with Crippen LogP contribution < -0.4 is 10.9 Å². The van der Waals surface area contributed by atoms with Crippen LogP contribution in [0, 0.1) is 0 Å². The van der Waals surface area contributed by atoms with Crippen molar-refractivity contribution in [3.8, 4) is 0 Å². The summed E-state index contributed by atoms with van der Waals surface area (Å²) in [7, 11) is 1.43. The lowest BCUT2D eigenvalue weighted by atomic mass is 10.4. The van der Waals surface area contributed by atoms with Gasteiger partial charge in [0, 0.05) is 13.6 Å². The van der Waals surface area contributed by atoms with Gasteiger partial charge in [0.05, 0.1) is 18.5 Å². The number of nitrogens with one attached hydrogen (secondary N) is 1. The highest BCUT2D eigenvalue weighted by Crippen LogP contribution is 2.15. The smallest absolute Gasteiger partial charge is 0.380 e. The van der Waals surface area contributed by atoms with Crippen LogP contribution in [0.3, 0.4) is 0 Å². The summed E-state index contributed by atoms with van der Waals surface area (Å²) in [4.78, 5) is 11.4. The Morgan fingerprint density at radius 1 is 1.56 bits per heavy atom. The molecule has 18 heavy (non-hydrogen) atoms. The molecule has 0 unspecified atom stereocenters. The van der Waals surface area contributed by atoms with Crippen molar-refractivity contribution in [2.45, 2.75) is 6.18 Å². The van der Waals surface area contributed by atoms with E-state index in [2.05, 4.69) is 15.2 Å². The molecule has 0 amide bonds. The highest BCUT2D eigenvalue weighted by atomic mass is 35.5. The molecule has 1 rings (SSSR count). The molecule has 0 aliphatic heterocycles. The van der Waals surface area contributed by atoms with Crippen molar-refractivity contribution in [3.05, 3.63) is 21.6 Å². The lowest BCUT2D eigenvalue weighted by molar-refractivity contribution is -0.172. The second-order valence-corrected chi connectivity index (χ2v) is 3.77. The number of hydrogen-bond donors (Lipinski definition) is 1. The minimum absolute atomic E-state index is 0.0664. The van der Waals surface area contributed by atoms with E-state index in [0.29, 0.717) is 0 Å². The normalized spacial score (nSPS) is 11.6. The van der Waals surface area contributed by atoms with Crippen LogP contribution in [-0.2, 0) is 11.8 Å². The summed E-state index contributed by atoms with van der Waals surface area (Å²) in [6.45, 7) is -1.38. The summed E-state index contributed by atoms with van der Waals surface area (Å²) < 4.78 is 40.7. The Bertz CT molecular complexity index is 461. The fourth-order valence-electron chi connectivity index (χ4n) is 1.08. The second kappa shape index (κ2) is 6.05. The zero-order valence-electron chi connectivity index (χ0n) is 9.42. The SMILES string of the molecule is Cn1ncc(NCCOCC(F)(F)F)c(Cl)c1=O. The Morgan fingerprint density at radius 2 is 2.22 bits per heavy atom. The highest BCUT2D eigenvalue weighted by molar-refractivity contribution is 6.32. The Balaban J connectivity index is 2.41. The highest BCUT2D eigenvalue weighted by Gasteiger charge is 2.27. The summed E-state index contributed by atoms with van der Waals surface area (Å²) in [5.41, 5.74) is -0.228. The molecule has 5 nitrogen and oxygen atoms in total. The predicted octanol–water partition coefficient (Wildman–Crippen LogP) is 1.42. The largest absolute Gasteiger partial charge is 0.411 e. The first-order chi connectivity index (χ1) is 8.31. The van der Waals surface area contributed by atoms with Crippen molar-refractivity contribution in [1.82, 2.24) is 9.78 Å². The number of anilines is 1. The summed E-state index contributed by atoms with van der Waals surface area (Å²) in [5.74, 6) is 0. The fraction of sp³-hybridized carbons (Fsp3) is 0.556. The van der Waals surface area contributed by atoms with Crippen LogP contribution in [-0.4, -0.2) is 35.7 Å². The molecule has 1 aromatic rings. The van der Waals surface area contributed by atoms with Gasteiger partial charge in [-0.3, -0.25) is 4.79 Å². The topological polar surface area (TPSA) is 56.1 Å². The molecule has 9 heteroatoms. The third kappa shape index (κ3) is 4.53. The van der Waals surface area contributed by atoms with Crippen molar-refractivity contribution >= 4 is 17.3 Å². The molecule has 0 saturated carbocycles. The van der Waals surface area contributed by atoms with E-state index in [1.165, 1.54) is 13.2 Å². The molecule has 0 atom stereocenters. The first kappa shape index (κ1) is 14.8. The van der Waals surface area contributed by atoms with Crippen LogP contribution in [0.4, 0.5) is 18.9 Å². The van der Waals surface area contributed by atoms with Crippen LogP contribution in [0.1, 0.15) is 0 Å². The number of alkyl halides is 3. The Morgan fingerprint density at radius 3 is 2.83 bits per heavy atom.